The number of hydrogen-bond donors (Lipinski definition) is 1. The number of fused-ring (bicyclic) bond motifs is 2. The van der Waals surface area contributed by atoms with E-state index >= 15 is 0 Å². The summed E-state index contributed by atoms with van der Waals surface area (Å²) in [5.74, 6) is 1.19. The zero-order chi connectivity index (χ0) is 17.2. The van der Waals surface area contributed by atoms with Gasteiger partial charge in [-0.15, -0.1) is 0 Å². The molecule has 2 atom stereocenters. The maximum atomic E-state index is 11.6. The molecule has 2 bridgehead atoms. The molecule has 2 saturated carbocycles. The average Bonchev–Trinajstić information content (AvgIpc) is 2.90. The van der Waals surface area contributed by atoms with Crippen LogP contribution in [0.4, 0.5) is 11.4 Å². The molecule has 2 aliphatic rings. The van der Waals surface area contributed by atoms with Crippen molar-refractivity contribution in [1.29, 1.82) is 0 Å². The Kier molecular flexibility index (Phi) is 4.49. The van der Waals surface area contributed by atoms with Crippen molar-refractivity contribution in [2.24, 2.45) is 16.7 Å². The van der Waals surface area contributed by atoms with Crippen molar-refractivity contribution >= 4 is 17.2 Å². The van der Waals surface area contributed by atoms with Crippen molar-refractivity contribution in [3.05, 3.63) is 60.7 Å². The Hall–Kier alpha value is -2.09. The smallest absolute Gasteiger partial charge is 0.139 e. The van der Waals surface area contributed by atoms with Crippen LogP contribution in [0.25, 0.3) is 0 Å². The molecule has 2 unspecified atom stereocenters. The molecule has 0 amide bonds. The van der Waals surface area contributed by atoms with Crippen LogP contribution in [-0.2, 0) is 4.79 Å². The van der Waals surface area contributed by atoms with Crippen LogP contribution in [0.2, 0.25) is 0 Å². The Morgan fingerprint density at radius 1 is 0.875 bits per heavy atom. The summed E-state index contributed by atoms with van der Waals surface area (Å²) in [6.07, 6.45) is 3.25. The Labute approximate surface area is 145 Å². The monoisotopic (exact) mass is 321 g/mol. The Bertz CT molecular complexity index is 655. The SMILES string of the molecule is CC12CCC(CC1=O)C2(C)C.c1ccc(Nc2ccccc2)cc1. The number of ketones is 1. The summed E-state index contributed by atoms with van der Waals surface area (Å²) >= 11 is 0. The second-order valence-corrected chi connectivity index (χ2v) is 7.77. The number of carbonyl (C=O) groups is 1. The minimum Gasteiger partial charge on any atom is -0.356 e. The lowest BCUT2D eigenvalue weighted by molar-refractivity contribution is -0.128. The minimum atomic E-state index is 0.0255. The third-order valence-corrected chi connectivity index (χ3v) is 6.32. The fourth-order valence-electron chi connectivity index (χ4n) is 4.11. The molecule has 2 aliphatic carbocycles. The lowest BCUT2D eigenvalue weighted by Gasteiger charge is -2.32. The van der Waals surface area contributed by atoms with Gasteiger partial charge in [0, 0.05) is 23.2 Å². The fourth-order valence-corrected chi connectivity index (χ4v) is 4.11. The number of nitrogens with one attached hydrogen (secondary N) is 1. The molecule has 0 aliphatic heterocycles. The molecule has 0 aromatic heterocycles. The first-order valence-electron chi connectivity index (χ1n) is 8.84. The van der Waals surface area contributed by atoms with Gasteiger partial charge >= 0.3 is 0 Å². The quantitative estimate of drug-likeness (QED) is 0.753. The van der Waals surface area contributed by atoms with Gasteiger partial charge in [0.1, 0.15) is 5.78 Å². The molecule has 0 radical (unpaired) electrons. The number of Topliss-reactive ketones (excluding diaryl/α,β-unsaturated/α-hetero) is 1. The topological polar surface area (TPSA) is 29.1 Å². The molecule has 2 nitrogen and oxygen atoms in total. The maximum Gasteiger partial charge on any atom is 0.139 e. The number of anilines is 2. The number of benzene rings is 2. The maximum absolute atomic E-state index is 11.6. The third kappa shape index (κ3) is 2.98. The van der Waals surface area contributed by atoms with Gasteiger partial charge in [-0.2, -0.15) is 0 Å². The highest BCUT2D eigenvalue weighted by atomic mass is 16.1. The van der Waals surface area contributed by atoms with Crippen molar-refractivity contribution in [1.82, 2.24) is 0 Å². The predicted molar refractivity (Wildman–Crippen MR) is 100 cm³/mol. The van der Waals surface area contributed by atoms with Crippen LogP contribution in [0.1, 0.15) is 40.0 Å². The van der Waals surface area contributed by atoms with E-state index in [2.05, 4.69) is 26.1 Å². The summed E-state index contributed by atoms with van der Waals surface area (Å²) in [6, 6.07) is 20.3. The molecule has 24 heavy (non-hydrogen) atoms. The lowest BCUT2D eigenvalue weighted by atomic mass is 9.70. The van der Waals surface area contributed by atoms with Gasteiger partial charge in [-0.1, -0.05) is 57.2 Å². The van der Waals surface area contributed by atoms with Crippen LogP contribution < -0.4 is 5.32 Å². The van der Waals surface area contributed by atoms with Crippen LogP contribution in [-0.4, -0.2) is 5.78 Å². The molecule has 2 heteroatoms. The summed E-state index contributed by atoms with van der Waals surface area (Å²) in [4.78, 5) is 11.6. The Balaban J connectivity index is 0.000000143. The van der Waals surface area contributed by atoms with E-state index in [-0.39, 0.29) is 10.8 Å². The average molecular weight is 321 g/mol. The molecule has 2 fully saturated rings. The summed E-state index contributed by atoms with van der Waals surface area (Å²) < 4.78 is 0. The molecule has 2 aromatic rings. The number of rotatable bonds is 2. The van der Waals surface area contributed by atoms with Crippen LogP contribution in [0.5, 0.6) is 0 Å². The summed E-state index contributed by atoms with van der Waals surface area (Å²) in [7, 11) is 0. The molecule has 2 aromatic carbocycles. The first kappa shape index (κ1) is 16.8. The van der Waals surface area contributed by atoms with E-state index in [0.717, 1.165) is 24.2 Å². The Morgan fingerprint density at radius 2 is 1.38 bits per heavy atom. The van der Waals surface area contributed by atoms with Crippen molar-refractivity contribution in [2.75, 3.05) is 5.32 Å². The van der Waals surface area contributed by atoms with Crippen LogP contribution in [0.15, 0.2) is 60.7 Å². The summed E-state index contributed by atoms with van der Waals surface area (Å²) in [5, 5.41) is 3.30. The van der Waals surface area contributed by atoms with Crippen LogP contribution in [0.3, 0.4) is 0 Å². The van der Waals surface area contributed by atoms with Gasteiger partial charge in [0.25, 0.3) is 0 Å². The van der Waals surface area contributed by atoms with Crippen molar-refractivity contribution in [2.45, 2.75) is 40.0 Å². The van der Waals surface area contributed by atoms with Crippen molar-refractivity contribution in [3.63, 3.8) is 0 Å². The summed E-state index contributed by atoms with van der Waals surface area (Å²) in [6.45, 7) is 6.67. The van der Waals surface area contributed by atoms with Gasteiger partial charge in [0.05, 0.1) is 0 Å². The van der Waals surface area contributed by atoms with E-state index < -0.39 is 0 Å². The molecule has 0 heterocycles. The highest BCUT2D eigenvalue weighted by Crippen LogP contribution is 2.63. The highest BCUT2D eigenvalue weighted by Gasteiger charge is 2.61. The van der Waals surface area contributed by atoms with E-state index in [1.807, 2.05) is 60.7 Å². The number of carbonyl (C=O) groups excluding carboxylic acids is 1. The van der Waals surface area contributed by atoms with Gasteiger partial charge in [-0.3, -0.25) is 4.79 Å². The number of hydrogen-bond acceptors (Lipinski definition) is 2. The second kappa shape index (κ2) is 6.43. The molecule has 0 saturated heterocycles. The zero-order valence-electron chi connectivity index (χ0n) is 14.9. The third-order valence-electron chi connectivity index (χ3n) is 6.32. The lowest BCUT2D eigenvalue weighted by Crippen LogP contribution is -2.32. The van der Waals surface area contributed by atoms with Crippen LogP contribution >= 0.6 is 0 Å². The van der Waals surface area contributed by atoms with Gasteiger partial charge in [-0.25, -0.2) is 0 Å². The van der Waals surface area contributed by atoms with Crippen molar-refractivity contribution < 1.29 is 4.79 Å². The van der Waals surface area contributed by atoms with E-state index in [4.69, 9.17) is 0 Å². The molecular formula is C22H27NO. The van der Waals surface area contributed by atoms with Gasteiger partial charge in [-0.05, 0) is 48.4 Å². The second-order valence-electron chi connectivity index (χ2n) is 7.77. The molecule has 126 valence electrons. The first-order valence-corrected chi connectivity index (χ1v) is 8.84. The van der Waals surface area contributed by atoms with Gasteiger partial charge in [0.15, 0.2) is 0 Å². The molecular weight excluding hydrogens is 294 g/mol. The molecule has 4 rings (SSSR count). The predicted octanol–water partition coefficient (Wildman–Crippen LogP) is 5.83. The first-order chi connectivity index (χ1) is 11.4. The Morgan fingerprint density at radius 3 is 1.67 bits per heavy atom. The van der Waals surface area contributed by atoms with Crippen molar-refractivity contribution in [3.8, 4) is 0 Å². The van der Waals surface area contributed by atoms with E-state index in [1.54, 1.807) is 0 Å². The standard InChI is InChI=1S/C12H11N.C10H16O/c1-3-7-11(8-4-1)13-12-9-5-2-6-10-12;1-9(2)7-4-5-10(9,3)8(11)6-7/h1-10,13H;7H,4-6H2,1-3H3. The fraction of sp³-hybridized carbons (Fsp3) is 0.409. The summed E-state index contributed by atoms with van der Waals surface area (Å²) in [5.41, 5.74) is 2.55. The number of para-hydroxylation sites is 2. The zero-order valence-corrected chi connectivity index (χ0v) is 14.9. The highest BCUT2D eigenvalue weighted by molar-refractivity contribution is 5.89. The van der Waals surface area contributed by atoms with E-state index in [1.165, 1.54) is 6.42 Å². The molecule has 1 N–H and O–H groups in total. The largest absolute Gasteiger partial charge is 0.356 e. The minimum absolute atomic E-state index is 0.0255. The van der Waals surface area contributed by atoms with Gasteiger partial charge < -0.3 is 5.32 Å². The van der Waals surface area contributed by atoms with Crippen LogP contribution in [0, 0.1) is 16.7 Å². The van der Waals surface area contributed by atoms with E-state index in [0.29, 0.717) is 11.7 Å². The van der Waals surface area contributed by atoms with Gasteiger partial charge in [0.2, 0.25) is 0 Å². The molecule has 0 spiro atoms. The van der Waals surface area contributed by atoms with E-state index in [9.17, 15) is 4.79 Å². The normalized spacial score (nSPS) is 26.6.